The molecule has 10 heteroatoms. The van der Waals surface area contributed by atoms with Gasteiger partial charge in [0, 0.05) is 19.5 Å². The number of benzene rings is 3. The Labute approximate surface area is 297 Å². The Morgan fingerprint density at radius 3 is 2.24 bits per heavy atom. The second-order valence-electron chi connectivity index (χ2n) is 13.8. The van der Waals surface area contributed by atoms with Gasteiger partial charge in [0.1, 0.15) is 23.7 Å². The number of nitrogens with zero attached hydrogens (tertiary/aromatic N) is 2. The molecule has 0 aliphatic carbocycles. The summed E-state index contributed by atoms with van der Waals surface area (Å²) in [6.45, 7) is 1.85. The van der Waals surface area contributed by atoms with Crippen molar-refractivity contribution in [3.8, 4) is 0 Å². The van der Waals surface area contributed by atoms with Crippen LogP contribution in [0.2, 0.25) is 0 Å². The van der Waals surface area contributed by atoms with E-state index < -0.39 is 66.3 Å². The fourth-order valence-electron chi connectivity index (χ4n) is 8.14. The molecule has 7 rings (SSSR count). The molecule has 4 aliphatic rings. The average Bonchev–Trinajstić information content (AvgIpc) is 3.80. The first-order valence-corrected chi connectivity index (χ1v) is 17.7. The molecule has 10 nitrogen and oxygen atoms in total. The molecule has 8 atom stereocenters. The van der Waals surface area contributed by atoms with Crippen molar-refractivity contribution in [3.63, 3.8) is 0 Å². The third-order valence-corrected chi connectivity index (χ3v) is 10.5. The molecule has 2 fully saturated rings. The third kappa shape index (κ3) is 6.61. The first-order chi connectivity index (χ1) is 24.8. The highest BCUT2D eigenvalue weighted by molar-refractivity contribution is 5.99. The maximum absolute atomic E-state index is 15.1. The van der Waals surface area contributed by atoms with Gasteiger partial charge in [-0.3, -0.25) is 19.2 Å². The Morgan fingerprint density at radius 2 is 1.55 bits per heavy atom. The van der Waals surface area contributed by atoms with E-state index in [0.717, 1.165) is 11.1 Å². The Balaban J connectivity index is 1.32. The quantitative estimate of drug-likeness (QED) is 0.285. The molecule has 3 aromatic rings. The predicted molar refractivity (Wildman–Crippen MR) is 188 cm³/mol. The highest BCUT2D eigenvalue weighted by atomic mass is 16.6. The van der Waals surface area contributed by atoms with Gasteiger partial charge in [0.15, 0.2) is 0 Å². The summed E-state index contributed by atoms with van der Waals surface area (Å²) in [7, 11) is 0. The third-order valence-electron chi connectivity index (χ3n) is 10.5. The number of cyclic esters (lactones) is 1. The fraction of sp³-hybridized carbons (Fsp3) is 0.366. The zero-order valence-electron chi connectivity index (χ0n) is 28.5. The van der Waals surface area contributed by atoms with Gasteiger partial charge in [0.05, 0.1) is 30.7 Å². The number of rotatable bonds is 7. The molecule has 2 N–H and O–H groups in total. The molecule has 4 aliphatic heterocycles. The summed E-state index contributed by atoms with van der Waals surface area (Å²) < 4.78 is 12.9. The summed E-state index contributed by atoms with van der Waals surface area (Å²) >= 11 is 0. The number of amides is 3. The van der Waals surface area contributed by atoms with Gasteiger partial charge in [-0.25, -0.2) is 0 Å². The highest BCUT2D eigenvalue weighted by Gasteiger charge is 2.74. The van der Waals surface area contributed by atoms with Crippen molar-refractivity contribution in [2.75, 3.05) is 13.2 Å². The van der Waals surface area contributed by atoms with Gasteiger partial charge >= 0.3 is 5.97 Å². The van der Waals surface area contributed by atoms with E-state index in [9.17, 15) is 19.5 Å². The molecule has 3 amide bonds. The van der Waals surface area contributed by atoms with Crippen LogP contribution >= 0.6 is 0 Å². The summed E-state index contributed by atoms with van der Waals surface area (Å²) in [6, 6.07) is 25.8. The van der Waals surface area contributed by atoms with Crippen molar-refractivity contribution in [1.29, 1.82) is 0 Å². The average molecular weight is 690 g/mol. The van der Waals surface area contributed by atoms with Gasteiger partial charge in [-0.2, -0.15) is 0 Å². The SMILES string of the molecule is C[C@@H]1NC(=O)CC/C=C\CN(Cc2ccccc2)C(=O)[C@H]2N([C@@H](CO)Cc3ccccc3)C(=O)[C@@H]3[C@@H](C(=O)O[C@H]1c1ccccc1)[C@H]1C=C[C@]32O1. The van der Waals surface area contributed by atoms with E-state index in [-0.39, 0.29) is 31.3 Å². The number of aliphatic hydroxyl groups is 1. The van der Waals surface area contributed by atoms with Crippen molar-refractivity contribution in [3.05, 3.63) is 132 Å². The van der Waals surface area contributed by atoms with Gasteiger partial charge in [0.2, 0.25) is 17.7 Å². The van der Waals surface area contributed by atoms with Crippen molar-refractivity contribution in [2.24, 2.45) is 11.8 Å². The molecule has 5 bridgehead atoms. The number of allylic oxidation sites excluding steroid dienone is 1. The van der Waals surface area contributed by atoms with Crippen molar-refractivity contribution >= 4 is 23.7 Å². The molecule has 264 valence electrons. The second kappa shape index (κ2) is 14.7. The largest absolute Gasteiger partial charge is 0.455 e. The number of carbonyl (C=O) groups is 4. The van der Waals surface area contributed by atoms with Crippen LogP contribution in [0.3, 0.4) is 0 Å². The lowest BCUT2D eigenvalue weighted by molar-refractivity contribution is -0.162. The minimum Gasteiger partial charge on any atom is -0.455 e. The Morgan fingerprint density at radius 1 is 0.882 bits per heavy atom. The van der Waals surface area contributed by atoms with E-state index in [1.165, 1.54) is 4.90 Å². The van der Waals surface area contributed by atoms with Gasteiger partial charge in [-0.15, -0.1) is 0 Å². The zero-order chi connectivity index (χ0) is 35.5. The summed E-state index contributed by atoms with van der Waals surface area (Å²) in [5.74, 6) is -3.76. The lowest BCUT2D eigenvalue weighted by Crippen LogP contribution is -2.58. The molecule has 3 aromatic carbocycles. The van der Waals surface area contributed by atoms with Gasteiger partial charge in [-0.05, 0) is 36.5 Å². The Hall–Kier alpha value is -5.06. The number of esters is 1. The van der Waals surface area contributed by atoms with Crippen LogP contribution in [0.25, 0.3) is 0 Å². The lowest BCUT2D eigenvalue weighted by atomic mass is 9.74. The molecule has 2 saturated heterocycles. The van der Waals surface area contributed by atoms with Crippen LogP contribution in [0, 0.1) is 11.8 Å². The topological polar surface area (TPSA) is 125 Å². The first kappa shape index (κ1) is 34.4. The number of aliphatic hydroxyl groups excluding tert-OH is 1. The Bertz CT molecular complexity index is 1800. The molecule has 4 heterocycles. The number of ether oxygens (including phenoxy) is 2. The van der Waals surface area contributed by atoms with E-state index in [1.54, 1.807) is 24.0 Å². The van der Waals surface area contributed by atoms with Crippen LogP contribution in [0.15, 0.2) is 115 Å². The summed E-state index contributed by atoms with van der Waals surface area (Å²) in [5, 5.41) is 13.9. The van der Waals surface area contributed by atoms with Crippen LogP contribution in [-0.4, -0.2) is 81.6 Å². The van der Waals surface area contributed by atoms with E-state index in [1.807, 2.05) is 103 Å². The number of likely N-dealkylation sites (tertiary alicyclic amines) is 1. The molecule has 0 radical (unpaired) electrons. The molecule has 51 heavy (non-hydrogen) atoms. The predicted octanol–water partition coefficient (Wildman–Crippen LogP) is 3.91. The maximum atomic E-state index is 15.1. The maximum Gasteiger partial charge on any atom is 0.313 e. The number of carbonyl (C=O) groups excluding carboxylic acids is 4. The van der Waals surface area contributed by atoms with Gasteiger partial charge in [-0.1, -0.05) is 115 Å². The Kier molecular flexibility index (Phi) is 9.88. The van der Waals surface area contributed by atoms with Crippen molar-refractivity contribution in [1.82, 2.24) is 15.1 Å². The number of hydrogen-bond donors (Lipinski definition) is 2. The standard InChI is InChI=1S/C41H43N3O7/c1-27-36(30-18-10-4-11-19-30)50-40(49)34-32-21-22-41(51-32)35(34)38(47)44(31(26-45)24-28-14-6-2-7-15-28)37(41)39(48)43(25-29-16-8-3-9-17-29)23-13-5-12-20-33(46)42-27/h2-11,13-19,21-22,27,31-32,34-37,45H,12,20,23-26H2,1H3,(H,42,46)/b13-5-/t27-,31+,32+,34-,35-,36+,37+,41-/m0/s1. The molecule has 1 spiro atoms. The molecule has 0 aromatic heterocycles. The monoisotopic (exact) mass is 689 g/mol. The fourth-order valence-corrected chi connectivity index (χ4v) is 8.14. The van der Waals surface area contributed by atoms with Crippen LogP contribution < -0.4 is 5.32 Å². The number of fused-ring (bicyclic) bond motifs is 2. The van der Waals surface area contributed by atoms with Crippen LogP contribution in [-0.2, 0) is 41.6 Å². The second-order valence-corrected chi connectivity index (χ2v) is 13.8. The van der Waals surface area contributed by atoms with Crippen LogP contribution in [0.1, 0.15) is 42.6 Å². The molecular weight excluding hydrogens is 646 g/mol. The number of nitrogens with one attached hydrogen (secondary N) is 1. The molecular formula is C41H43N3O7. The number of hydrogen-bond acceptors (Lipinski definition) is 7. The summed E-state index contributed by atoms with van der Waals surface area (Å²) in [4.78, 5) is 60.6. The lowest BCUT2D eigenvalue weighted by Gasteiger charge is -2.39. The van der Waals surface area contributed by atoms with Crippen molar-refractivity contribution in [2.45, 2.75) is 68.7 Å². The molecule has 0 saturated carbocycles. The summed E-state index contributed by atoms with van der Waals surface area (Å²) in [6.07, 6.45) is 6.56. The molecule has 0 unspecified atom stereocenters. The summed E-state index contributed by atoms with van der Waals surface area (Å²) in [5.41, 5.74) is 1.02. The van der Waals surface area contributed by atoms with Crippen LogP contribution in [0.4, 0.5) is 0 Å². The van der Waals surface area contributed by atoms with E-state index in [4.69, 9.17) is 9.47 Å². The van der Waals surface area contributed by atoms with E-state index in [2.05, 4.69) is 5.32 Å². The minimum absolute atomic E-state index is 0.200. The van der Waals surface area contributed by atoms with E-state index >= 15 is 4.79 Å². The zero-order valence-corrected chi connectivity index (χ0v) is 28.5. The van der Waals surface area contributed by atoms with Gasteiger partial charge in [0.25, 0.3) is 0 Å². The smallest absolute Gasteiger partial charge is 0.313 e. The normalized spacial score (nSPS) is 30.5. The highest BCUT2D eigenvalue weighted by Crippen LogP contribution is 2.56. The first-order valence-electron chi connectivity index (χ1n) is 17.7. The van der Waals surface area contributed by atoms with Crippen molar-refractivity contribution < 1.29 is 33.8 Å². The van der Waals surface area contributed by atoms with Crippen LogP contribution in [0.5, 0.6) is 0 Å². The minimum atomic E-state index is -1.46. The van der Waals surface area contributed by atoms with Gasteiger partial charge < -0.3 is 29.7 Å². The van der Waals surface area contributed by atoms with E-state index in [0.29, 0.717) is 18.4 Å².